The number of pyridine rings is 1. The Kier molecular flexibility index (Phi) is 3.26. The maximum atomic E-state index is 11.2. The van der Waals surface area contributed by atoms with Gasteiger partial charge in [0.1, 0.15) is 0 Å². The molecule has 0 spiro atoms. The minimum absolute atomic E-state index is 0.281. The zero-order valence-electron chi connectivity index (χ0n) is 7.57. The molecule has 1 rings (SSSR count). The van der Waals surface area contributed by atoms with Gasteiger partial charge in [0.25, 0.3) is 10.2 Å². The molecule has 14 heavy (non-hydrogen) atoms. The summed E-state index contributed by atoms with van der Waals surface area (Å²) in [6.45, 7) is 1.98. The van der Waals surface area contributed by atoms with Gasteiger partial charge in [0.15, 0.2) is 0 Å². The molecule has 0 saturated heterocycles. The summed E-state index contributed by atoms with van der Waals surface area (Å²) in [6, 6.07) is 2.62. The minimum atomic E-state index is -3.52. The Balaban J connectivity index is 2.79. The van der Waals surface area contributed by atoms with Crippen LogP contribution in [0.4, 0.5) is 5.69 Å². The number of rotatable bonds is 4. The van der Waals surface area contributed by atoms with Crippen LogP contribution >= 0.6 is 0 Å². The van der Waals surface area contributed by atoms with Crippen molar-refractivity contribution in [1.29, 1.82) is 0 Å². The van der Waals surface area contributed by atoms with Crippen LogP contribution < -0.4 is 15.0 Å². The first kappa shape index (κ1) is 10.7. The molecule has 0 fully saturated rings. The van der Waals surface area contributed by atoms with Crippen LogP contribution in [0.15, 0.2) is 23.1 Å². The largest absolute Gasteiger partial charge is 0.327 e. The van der Waals surface area contributed by atoms with E-state index in [2.05, 4.69) is 14.4 Å². The van der Waals surface area contributed by atoms with Crippen molar-refractivity contribution in [1.82, 2.24) is 9.71 Å². The van der Waals surface area contributed by atoms with Gasteiger partial charge in [-0.25, -0.2) is 0 Å². The predicted octanol–water partition coefficient (Wildman–Crippen LogP) is -0.359. The summed E-state index contributed by atoms with van der Waals surface area (Å²) in [4.78, 5) is 13.0. The summed E-state index contributed by atoms with van der Waals surface area (Å²) in [5.41, 5.74) is 0.0296. The molecule has 0 bridgehead atoms. The van der Waals surface area contributed by atoms with Crippen molar-refractivity contribution in [3.63, 3.8) is 0 Å². The van der Waals surface area contributed by atoms with Crippen LogP contribution in [0.1, 0.15) is 6.92 Å². The molecule has 0 aromatic carbocycles. The monoisotopic (exact) mass is 217 g/mol. The second kappa shape index (κ2) is 4.25. The first-order valence-electron chi connectivity index (χ1n) is 3.99. The van der Waals surface area contributed by atoms with Crippen molar-refractivity contribution in [2.24, 2.45) is 0 Å². The van der Waals surface area contributed by atoms with Crippen LogP contribution in [0.25, 0.3) is 0 Å². The van der Waals surface area contributed by atoms with E-state index in [-0.39, 0.29) is 5.56 Å². The summed E-state index contributed by atoms with van der Waals surface area (Å²) in [7, 11) is -3.52. The lowest BCUT2D eigenvalue weighted by Gasteiger charge is -2.06. The fourth-order valence-corrected chi connectivity index (χ4v) is 1.74. The van der Waals surface area contributed by atoms with Gasteiger partial charge in [-0.1, -0.05) is 6.92 Å². The van der Waals surface area contributed by atoms with Crippen molar-refractivity contribution in [3.8, 4) is 0 Å². The topological polar surface area (TPSA) is 91.1 Å². The van der Waals surface area contributed by atoms with Crippen LogP contribution in [0.3, 0.4) is 0 Å². The third-order valence-electron chi connectivity index (χ3n) is 1.37. The Morgan fingerprint density at radius 3 is 2.64 bits per heavy atom. The number of aromatic nitrogens is 1. The van der Waals surface area contributed by atoms with Crippen LogP contribution in [0.5, 0.6) is 0 Å². The van der Waals surface area contributed by atoms with Gasteiger partial charge >= 0.3 is 0 Å². The Labute approximate surface area is 81.5 Å². The Morgan fingerprint density at radius 1 is 1.43 bits per heavy atom. The quantitative estimate of drug-likeness (QED) is 0.643. The van der Waals surface area contributed by atoms with Gasteiger partial charge in [0.05, 0.1) is 5.69 Å². The lowest BCUT2D eigenvalue weighted by atomic mass is 10.4. The number of hydrogen-bond donors (Lipinski definition) is 3. The van der Waals surface area contributed by atoms with Crippen LogP contribution in [-0.2, 0) is 10.2 Å². The lowest BCUT2D eigenvalue weighted by Crippen LogP contribution is -2.29. The van der Waals surface area contributed by atoms with Gasteiger partial charge in [0.2, 0.25) is 5.56 Å². The van der Waals surface area contributed by atoms with Gasteiger partial charge in [-0.2, -0.15) is 13.1 Å². The molecule has 0 amide bonds. The summed E-state index contributed by atoms with van der Waals surface area (Å²) in [5.74, 6) is 0. The van der Waals surface area contributed by atoms with E-state index in [1.807, 2.05) is 0 Å². The molecule has 7 heteroatoms. The molecule has 0 radical (unpaired) electrons. The highest BCUT2D eigenvalue weighted by atomic mass is 32.2. The van der Waals surface area contributed by atoms with Crippen molar-refractivity contribution in [2.75, 3.05) is 11.3 Å². The van der Waals surface area contributed by atoms with Crippen LogP contribution in [0, 0.1) is 0 Å². The number of anilines is 1. The highest BCUT2D eigenvalue weighted by molar-refractivity contribution is 7.90. The smallest absolute Gasteiger partial charge is 0.299 e. The Morgan fingerprint density at radius 2 is 2.14 bits per heavy atom. The van der Waals surface area contributed by atoms with Crippen molar-refractivity contribution in [3.05, 3.63) is 28.7 Å². The van der Waals surface area contributed by atoms with Gasteiger partial charge in [0, 0.05) is 18.8 Å². The predicted molar refractivity (Wildman–Crippen MR) is 53.3 cm³/mol. The Hall–Kier alpha value is -1.34. The van der Waals surface area contributed by atoms with E-state index in [1.165, 1.54) is 18.3 Å². The van der Waals surface area contributed by atoms with Crippen molar-refractivity contribution in [2.45, 2.75) is 6.92 Å². The lowest BCUT2D eigenvalue weighted by molar-refractivity contribution is 0.589. The van der Waals surface area contributed by atoms with E-state index in [9.17, 15) is 13.2 Å². The third-order valence-corrected chi connectivity index (χ3v) is 2.54. The average molecular weight is 217 g/mol. The van der Waals surface area contributed by atoms with Gasteiger partial charge in [-0.05, 0) is 6.07 Å². The van der Waals surface area contributed by atoms with Gasteiger partial charge in [-0.15, -0.1) is 0 Å². The minimum Gasteiger partial charge on any atom is -0.327 e. The maximum absolute atomic E-state index is 11.2. The van der Waals surface area contributed by atoms with E-state index >= 15 is 0 Å². The number of aromatic amines is 1. The second-order valence-corrected chi connectivity index (χ2v) is 4.04. The maximum Gasteiger partial charge on any atom is 0.299 e. The van der Waals surface area contributed by atoms with Crippen molar-refractivity contribution >= 4 is 15.9 Å². The number of nitrogens with one attached hydrogen (secondary N) is 3. The van der Waals surface area contributed by atoms with Gasteiger partial charge < -0.3 is 4.98 Å². The van der Waals surface area contributed by atoms with Crippen LogP contribution in [0.2, 0.25) is 0 Å². The second-order valence-electron chi connectivity index (χ2n) is 2.54. The molecule has 1 aromatic heterocycles. The summed E-state index contributed by atoms with van der Waals surface area (Å²) in [5, 5.41) is 0. The molecule has 0 aliphatic rings. The first-order chi connectivity index (χ1) is 6.53. The highest BCUT2D eigenvalue weighted by Crippen LogP contribution is 2.02. The molecular weight excluding hydrogens is 206 g/mol. The molecule has 0 atom stereocenters. The highest BCUT2D eigenvalue weighted by Gasteiger charge is 2.06. The molecule has 0 aliphatic carbocycles. The Bertz CT molecular complexity index is 431. The first-order valence-corrected chi connectivity index (χ1v) is 5.48. The summed E-state index contributed by atoms with van der Waals surface area (Å²) < 4.78 is 26.8. The normalized spacial score (nSPS) is 11.2. The fourth-order valence-electron chi connectivity index (χ4n) is 0.855. The molecule has 0 saturated carbocycles. The van der Waals surface area contributed by atoms with E-state index in [0.717, 1.165) is 0 Å². The van der Waals surface area contributed by atoms with E-state index in [0.29, 0.717) is 12.2 Å². The molecule has 1 heterocycles. The molecule has 0 aliphatic heterocycles. The molecule has 78 valence electrons. The van der Waals surface area contributed by atoms with Gasteiger partial charge in [-0.3, -0.25) is 9.52 Å². The fraction of sp³-hybridized carbons (Fsp3) is 0.286. The number of H-pyrrole nitrogens is 1. The SMILES string of the molecule is CCNS(=O)(=O)Nc1ccc(=O)[nH]c1. The number of hydrogen-bond acceptors (Lipinski definition) is 3. The van der Waals surface area contributed by atoms with Crippen LogP contribution in [-0.4, -0.2) is 19.9 Å². The van der Waals surface area contributed by atoms with Crippen molar-refractivity contribution < 1.29 is 8.42 Å². The summed E-state index contributed by atoms with van der Waals surface area (Å²) >= 11 is 0. The van der Waals surface area contributed by atoms with E-state index in [4.69, 9.17) is 0 Å². The standard InChI is InChI=1S/C7H11N3O3S/c1-2-9-14(12,13)10-6-3-4-7(11)8-5-6/h3-5,9-10H,2H2,1H3,(H,8,11). The zero-order chi connectivity index (χ0) is 10.6. The summed E-state index contributed by atoms with van der Waals surface area (Å²) in [6.07, 6.45) is 1.29. The molecule has 0 unspecified atom stereocenters. The molecule has 3 N–H and O–H groups in total. The molecule has 6 nitrogen and oxygen atoms in total. The molecule has 1 aromatic rings. The van der Waals surface area contributed by atoms with E-state index in [1.54, 1.807) is 6.92 Å². The average Bonchev–Trinajstić information content (AvgIpc) is 2.08. The van der Waals surface area contributed by atoms with E-state index < -0.39 is 10.2 Å². The zero-order valence-corrected chi connectivity index (χ0v) is 8.39. The molecular formula is C7H11N3O3S. The third kappa shape index (κ3) is 3.19.